The fourth-order valence-electron chi connectivity index (χ4n) is 2.70. The number of azo groups is 1. The van der Waals surface area contributed by atoms with E-state index in [0.29, 0.717) is 16.2 Å². The van der Waals surface area contributed by atoms with E-state index in [1.54, 1.807) is 6.07 Å². The summed E-state index contributed by atoms with van der Waals surface area (Å²) in [5.74, 6) is 0. The first-order chi connectivity index (χ1) is 11.3. The van der Waals surface area contributed by atoms with E-state index >= 15 is 0 Å². The van der Waals surface area contributed by atoms with Crippen molar-refractivity contribution in [1.82, 2.24) is 0 Å². The van der Waals surface area contributed by atoms with Crippen LogP contribution in [0.4, 0.5) is 11.4 Å². The smallest absolute Gasteiger partial charge is 0.245 e. The van der Waals surface area contributed by atoms with Crippen molar-refractivity contribution in [1.29, 1.82) is 0 Å². The minimum atomic E-state index is 0.525. The Kier molecular flexibility index (Phi) is 3.24. The van der Waals surface area contributed by atoms with Crippen molar-refractivity contribution in [3.8, 4) is 0 Å². The van der Waals surface area contributed by atoms with Crippen LogP contribution < -0.4 is 0 Å². The minimum absolute atomic E-state index is 0.525. The van der Waals surface area contributed by atoms with E-state index in [9.17, 15) is 5.21 Å². The summed E-state index contributed by atoms with van der Waals surface area (Å²) in [4.78, 5) is 0.677. The highest BCUT2D eigenvalue weighted by atomic mass is 16.5. The Morgan fingerprint density at radius 3 is 1.87 bits per heavy atom. The average Bonchev–Trinajstić information content (AvgIpc) is 2.61. The summed E-state index contributed by atoms with van der Waals surface area (Å²) >= 11 is 0. The molecule has 0 aliphatic carbocycles. The summed E-state index contributed by atoms with van der Waals surface area (Å²) in [6.07, 6.45) is 0. The molecule has 0 saturated carbocycles. The van der Waals surface area contributed by atoms with Gasteiger partial charge in [0, 0.05) is 17.2 Å². The predicted octanol–water partition coefficient (Wildman–Crippen LogP) is 5.92. The molecule has 0 radical (unpaired) electrons. The van der Waals surface area contributed by atoms with Gasteiger partial charge in [-0.05, 0) is 39.7 Å². The van der Waals surface area contributed by atoms with E-state index in [-0.39, 0.29) is 0 Å². The topological polar surface area (TPSA) is 38.4 Å². The minimum Gasteiger partial charge on any atom is -0.594 e. The lowest BCUT2D eigenvalue weighted by molar-refractivity contribution is -0.435. The summed E-state index contributed by atoms with van der Waals surface area (Å²) in [6, 6.07) is 27.3. The molecule has 0 atom stereocenters. The van der Waals surface area contributed by atoms with Crippen molar-refractivity contribution in [2.45, 2.75) is 0 Å². The molecule has 3 nitrogen and oxygen atoms in total. The summed E-state index contributed by atoms with van der Waals surface area (Å²) in [6.45, 7) is 0. The van der Waals surface area contributed by atoms with Crippen molar-refractivity contribution in [3.63, 3.8) is 0 Å². The Bertz CT molecular complexity index is 1040. The average molecular weight is 298 g/mol. The van der Waals surface area contributed by atoms with Crippen LogP contribution in [-0.4, -0.2) is 4.86 Å². The third kappa shape index (κ3) is 2.64. The number of benzene rings is 4. The number of fused-ring (bicyclic) bond motifs is 2. The Balaban J connectivity index is 1.75. The molecule has 0 aliphatic heterocycles. The normalized spacial score (nSPS) is 11.9. The Morgan fingerprint density at radius 2 is 1.17 bits per heavy atom. The van der Waals surface area contributed by atoms with Gasteiger partial charge in [-0.1, -0.05) is 59.5 Å². The maximum atomic E-state index is 12.3. The SMILES string of the molecule is [O-][N+](=Nc1ccc2ccccc2c1)c1ccc2ccccc2c1. The molecular weight excluding hydrogens is 284 g/mol. The molecule has 4 aromatic rings. The molecule has 0 bridgehead atoms. The lowest BCUT2D eigenvalue weighted by Crippen LogP contribution is -1.90. The van der Waals surface area contributed by atoms with Gasteiger partial charge in [0.2, 0.25) is 5.69 Å². The zero-order chi connectivity index (χ0) is 15.6. The standard InChI is InChI=1S/C20H14N2O/c23-22(20-12-10-16-6-2-4-8-18(16)14-20)21-19-11-9-15-5-1-3-7-17(15)13-19/h1-14H. The van der Waals surface area contributed by atoms with Crippen LogP contribution >= 0.6 is 0 Å². The summed E-state index contributed by atoms with van der Waals surface area (Å²) in [5, 5.41) is 20.8. The lowest BCUT2D eigenvalue weighted by Gasteiger charge is -2.03. The highest BCUT2D eigenvalue weighted by Gasteiger charge is 2.06. The molecule has 0 saturated heterocycles. The maximum Gasteiger partial charge on any atom is 0.245 e. The molecule has 0 fully saturated rings. The number of nitrogens with zero attached hydrogens (tertiary/aromatic N) is 2. The molecule has 0 spiro atoms. The van der Waals surface area contributed by atoms with Gasteiger partial charge in [0.1, 0.15) is 5.69 Å². The quantitative estimate of drug-likeness (QED) is 0.257. The first-order valence-electron chi connectivity index (χ1n) is 7.46. The predicted molar refractivity (Wildman–Crippen MR) is 93.3 cm³/mol. The van der Waals surface area contributed by atoms with Gasteiger partial charge in [-0.3, -0.25) is 0 Å². The van der Waals surface area contributed by atoms with E-state index in [1.807, 2.05) is 78.9 Å². The summed E-state index contributed by atoms with van der Waals surface area (Å²) in [5.41, 5.74) is 1.17. The zero-order valence-electron chi connectivity index (χ0n) is 12.4. The second kappa shape index (κ2) is 5.54. The van der Waals surface area contributed by atoms with Crippen molar-refractivity contribution in [2.75, 3.05) is 0 Å². The number of rotatable bonds is 2. The first kappa shape index (κ1) is 13.5. The molecule has 4 aromatic carbocycles. The summed E-state index contributed by atoms with van der Waals surface area (Å²) < 4.78 is 0. The lowest BCUT2D eigenvalue weighted by atomic mass is 10.1. The van der Waals surface area contributed by atoms with Gasteiger partial charge in [-0.2, -0.15) is 0 Å². The molecule has 3 heteroatoms. The second-order valence-electron chi connectivity index (χ2n) is 5.44. The third-order valence-electron chi connectivity index (χ3n) is 3.89. The van der Waals surface area contributed by atoms with E-state index in [1.165, 1.54) is 0 Å². The molecule has 0 heterocycles. The van der Waals surface area contributed by atoms with Gasteiger partial charge in [-0.25, -0.2) is 0 Å². The monoisotopic (exact) mass is 298 g/mol. The Hall–Kier alpha value is -3.20. The van der Waals surface area contributed by atoms with E-state index < -0.39 is 0 Å². The highest BCUT2D eigenvalue weighted by molar-refractivity contribution is 5.85. The van der Waals surface area contributed by atoms with Gasteiger partial charge in [0.25, 0.3) is 0 Å². The van der Waals surface area contributed by atoms with Crippen LogP contribution in [0.15, 0.2) is 90.0 Å². The van der Waals surface area contributed by atoms with Crippen molar-refractivity contribution in [2.24, 2.45) is 5.11 Å². The van der Waals surface area contributed by atoms with Crippen LogP contribution in [0.2, 0.25) is 0 Å². The molecule has 0 aromatic heterocycles. The molecule has 0 unspecified atom stereocenters. The van der Waals surface area contributed by atoms with Gasteiger partial charge in [-0.15, -0.1) is 0 Å². The van der Waals surface area contributed by atoms with Crippen LogP contribution in [0.1, 0.15) is 0 Å². The van der Waals surface area contributed by atoms with Crippen LogP contribution in [0.5, 0.6) is 0 Å². The maximum absolute atomic E-state index is 12.3. The molecule has 4 rings (SSSR count). The second-order valence-corrected chi connectivity index (χ2v) is 5.44. The van der Waals surface area contributed by atoms with Crippen LogP contribution in [0.3, 0.4) is 0 Å². The fraction of sp³-hybridized carbons (Fsp3) is 0. The molecule has 110 valence electrons. The Morgan fingerprint density at radius 1 is 0.609 bits per heavy atom. The zero-order valence-corrected chi connectivity index (χ0v) is 12.4. The van der Waals surface area contributed by atoms with Crippen LogP contribution in [-0.2, 0) is 0 Å². The van der Waals surface area contributed by atoms with Crippen molar-refractivity contribution in [3.05, 3.63) is 90.1 Å². The largest absolute Gasteiger partial charge is 0.594 e. The van der Waals surface area contributed by atoms with Crippen molar-refractivity contribution < 1.29 is 4.86 Å². The molecule has 23 heavy (non-hydrogen) atoms. The van der Waals surface area contributed by atoms with Crippen LogP contribution in [0, 0.1) is 5.21 Å². The third-order valence-corrected chi connectivity index (χ3v) is 3.89. The van der Waals surface area contributed by atoms with Gasteiger partial charge in [0.05, 0.1) is 0 Å². The molecule has 0 amide bonds. The van der Waals surface area contributed by atoms with Crippen molar-refractivity contribution >= 4 is 32.9 Å². The van der Waals surface area contributed by atoms with Gasteiger partial charge < -0.3 is 5.21 Å². The fourth-order valence-corrected chi connectivity index (χ4v) is 2.70. The Labute approximate surface area is 133 Å². The van der Waals surface area contributed by atoms with E-state index in [2.05, 4.69) is 5.11 Å². The first-order valence-corrected chi connectivity index (χ1v) is 7.46. The van der Waals surface area contributed by atoms with Gasteiger partial charge in [0.15, 0.2) is 0 Å². The highest BCUT2D eigenvalue weighted by Crippen LogP contribution is 2.25. The van der Waals surface area contributed by atoms with Gasteiger partial charge >= 0.3 is 0 Å². The van der Waals surface area contributed by atoms with E-state index in [0.717, 1.165) is 21.5 Å². The summed E-state index contributed by atoms with van der Waals surface area (Å²) in [7, 11) is 0. The molecule has 0 aliphatic rings. The van der Waals surface area contributed by atoms with Crippen LogP contribution in [0.25, 0.3) is 21.5 Å². The number of hydrogen-bond acceptors (Lipinski definition) is 2. The number of hydrogen-bond donors (Lipinski definition) is 0. The van der Waals surface area contributed by atoms with E-state index in [4.69, 9.17) is 0 Å². The molecule has 0 N–H and O–H groups in total. The molecular formula is C20H14N2O.